The third kappa shape index (κ3) is 4.60. The van der Waals surface area contributed by atoms with Crippen molar-refractivity contribution in [3.63, 3.8) is 0 Å². The molecule has 1 aromatic rings. The topological polar surface area (TPSA) is 116 Å². The van der Waals surface area contributed by atoms with Gasteiger partial charge in [-0.3, -0.25) is 19.2 Å². The SMILES string of the molecule is CC(=O)O[C@]1(C(=O)COC(=O)CN)CCC2C3CC=C4CC(=O)CCC4=C3C(c3ccc(N(C)C)cc3)C[C@@]21C. The van der Waals surface area contributed by atoms with E-state index in [1.165, 1.54) is 18.1 Å². The van der Waals surface area contributed by atoms with E-state index in [0.29, 0.717) is 25.7 Å². The van der Waals surface area contributed by atoms with Crippen LogP contribution >= 0.6 is 0 Å². The Labute approximate surface area is 235 Å². The maximum atomic E-state index is 13.9. The lowest BCUT2D eigenvalue weighted by Gasteiger charge is -2.54. The van der Waals surface area contributed by atoms with Crippen LogP contribution in [0.2, 0.25) is 0 Å². The quantitative estimate of drug-likeness (QED) is 0.508. The van der Waals surface area contributed by atoms with Crippen molar-refractivity contribution in [2.75, 3.05) is 32.1 Å². The first-order chi connectivity index (χ1) is 19.0. The molecule has 8 heteroatoms. The molecule has 0 bridgehead atoms. The molecule has 2 N–H and O–H groups in total. The van der Waals surface area contributed by atoms with Crippen LogP contribution in [0, 0.1) is 17.3 Å². The van der Waals surface area contributed by atoms with E-state index in [2.05, 4.69) is 42.2 Å². The fraction of sp³-hybridized carbons (Fsp3) is 0.562. The molecule has 4 aliphatic carbocycles. The van der Waals surface area contributed by atoms with Gasteiger partial charge < -0.3 is 20.1 Å². The monoisotopic (exact) mass is 548 g/mol. The summed E-state index contributed by atoms with van der Waals surface area (Å²) in [5.74, 6) is -1.03. The van der Waals surface area contributed by atoms with Crippen LogP contribution in [0.1, 0.15) is 70.3 Å². The number of hydrogen-bond donors (Lipinski definition) is 1. The number of Topliss-reactive ketones (excluding diaryl/α,β-unsaturated/α-hetero) is 2. The number of anilines is 1. The van der Waals surface area contributed by atoms with Crippen LogP contribution in [0.4, 0.5) is 5.69 Å². The summed E-state index contributed by atoms with van der Waals surface area (Å²) in [7, 11) is 4.02. The average molecular weight is 549 g/mol. The number of ether oxygens (including phenoxy) is 2. The average Bonchev–Trinajstić information content (AvgIpc) is 3.22. The van der Waals surface area contributed by atoms with E-state index in [4.69, 9.17) is 15.2 Å². The third-order valence-corrected chi connectivity index (χ3v) is 9.94. The highest BCUT2D eigenvalue weighted by atomic mass is 16.6. The molecule has 214 valence electrons. The molecule has 0 aliphatic heterocycles. The zero-order valence-electron chi connectivity index (χ0n) is 24.0. The number of benzene rings is 1. The van der Waals surface area contributed by atoms with Crippen LogP contribution in [0.15, 0.2) is 47.1 Å². The smallest absolute Gasteiger partial charge is 0.320 e. The minimum Gasteiger partial charge on any atom is -0.457 e. The molecule has 3 unspecified atom stereocenters. The highest BCUT2D eigenvalue weighted by Crippen LogP contribution is 2.67. The van der Waals surface area contributed by atoms with Gasteiger partial charge in [-0.2, -0.15) is 0 Å². The number of nitrogens with two attached hydrogens (primary N) is 1. The molecule has 1 aromatic carbocycles. The van der Waals surface area contributed by atoms with Crippen molar-refractivity contribution in [2.24, 2.45) is 23.0 Å². The van der Waals surface area contributed by atoms with Crippen LogP contribution in [0.5, 0.6) is 0 Å². The Morgan fingerprint density at radius 2 is 1.85 bits per heavy atom. The minimum atomic E-state index is -1.40. The Kier molecular flexibility index (Phi) is 7.50. The zero-order chi connectivity index (χ0) is 28.8. The van der Waals surface area contributed by atoms with Gasteiger partial charge >= 0.3 is 11.9 Å². The molecule has 0 spiro atoms. The zero-order valence-corrected chi connectivity index (χ0v) is 24.0. The molecule has 3 saturated carbocycles. The second-order valence-electron chi connectivity index (χ2n) is 12.2. The molecular formula is C32H40N2O6. The number of carbonyl (C=O) groups excluding carboxylic acids is 4. The standard InChI is InChI=1S/C32H40N2O6/c1-19(35)40-32(28(37)18-39-29(38)17-33)14-13-27-25-11-7-21-15-23(36)10-12-24(21)30(25)26(16-31(27,32)2)20-5-8-22(9-6-20)34(3)4/h5-9,25-27H,10-18,33H2,1-4H3/t25?,26?,27?,31-,32-/m0/s1. The Hall–Kier alpha value is -3.26. The summed E-state index contributed by atoms with van der Waals surface area (Å²) in [6.45, 7) is 2.62. The largest absolute Gasteiger partial charge is 0.457 e. The second-order valence-corrected chi connectivity index (χ2v) is 12.2. The molecule has 5 rings (SSSR count). The predicted molar refractivity (Wildman–Crippen MR) is 151 cm³/mol. The highest BCUT2D eigenvalue weighted by molar-refractivity contribution is 5.93. The lowest BCUT2D eigenvalue weighted by Crippen LogP contribution is -2.58. The van der Waals surface area contributed by atoms with Crippen molar-refractivity contribution in [1.29, 1.82) is 0 Å². The van der Waals surface area contributed by atoms with Crippen LogP contribution < -0.4 is 10.6 Å². The van der Waals surface area contributed by atoms with Gasteiger partial charge in [-0.15, -0.1) is 0 Å². The fourth-order valence-electron chi connectivity index (χ4n) is 8.14. The van der Waals surface area contributed by atoms with E-state index in [1.54, 1.807) is 0 Å². The van der Waals surface area contributed by atoms with Crippen LogP contribution in [-0.4, -0.2) is 56.4 Å². The number of carbonyl (C=O) groups is 4. The molecule has 5 atom stereocenters. The lowest BCUT2D eigenvalue weighted by atomic mass is 9.51. The van der Waals surface area contributed by atoms with Crippen LogP contribution in [0.25, 0.3) is 0 Å². The van der Waals surface area contributed by atoms with Crippen LogP contribution in [0.3, 0.4) is 0 Å². The van der Waals surface area contributed by atoms with Crippen molar-refractivity contribution in [3.05, 3.63) is 52.6 Å². The number of esters is 2. The van der Waals surface area contributed by atoms with E-state index in [0.717, 1.165) is 36.1 Å². The first-order valence-corrected chi connectivity index (χ1v) is 14.3. The molecule has 3 fully saturated rings. The first kappa shape index (κ1) is 28.3. The van der Waals surface area contributed by atoms with Crippen LogP contribution in [-0.2, 0) is 28.7 Å². The van der Waals surface area contributed by atoms with Gasteiger partial charge in [-0.05, 0) is 72.8 Å². The van der Waals surface area contributed by atoms with Gasteiger partial charge in [0.05, 0.1) is 6.54 Å². The summed E-state index contributed by atoms with van der Waals surface area (Å²) >= 11 is 0. The van der Waals surface area contributed by atoms with E-state index in [-0.39, 0.29) is 35.9 Å². The highest BCUT2D eigenvalue weighted by Gasteiger charge is 2.68. The predicted octanol–water partition coefficient (Wildman–Crippen LogP) is 4.03. The summed E-state index contributed by atoms with van der Waals surface area (Å²) in [5.41, 5.74) is 9.44. The Morgan fingerprint density at radius 1 is 1.12 bits per heavy atom. The van der Waals surface area contributed by atoms with E-state index in [1.807, 2.05) is 14.1 Å². The first-order valence-electron chi connectivity index (χ1n) is 14.3. The molecule has 40 heavy (non-hydrogen) atoms. The minimum absolute atomic E-state index is 0.00166. The molecule has 4 aliphatic rings. The normalized spacial score (nSPS) is 31.0. The number of fused-ring (bicyclic) bond motifs is 4. The molecule has 0 aromatic heterocycles. The Balaban J connectivity index is 1.62. The van der Waals surface area contributed by atoms with E-state index < -0.39 is 29.6 Å². The summed E-state index contributed by atoms with van der Waals surface area (Å²) in [5, 5.41) is 0. The molecular weight excluding hydrogens is 508 g/mol. The van der Waals surface area contributed by atoms with Gasteiger partial charge in [0.15, 0.2) is 12.2 Å². The van der Waals surface area contributed by atoms with Crippen molar-refractivity contribution >= 4 is 29.2 Å². The van der Waals surface area contributed by atoms with E-state index in [9.17, 15) is 19.2 Å². The maximum absolute atomic E-state index is 13.9. The van der Waals surface area contributed by atoms with Crippen molar-refractivity contribution < 1.29 is 28.7 Å². The van der Waals surface area contributed by atoms with Gasteiger partial charge in [0.1, 0.15) is 5.78 Å². The Bertz CT molecular complexity index is 1290. The van der Waals surface area contributed by atoms with Crippen molar-refractivity contribution in [1.82, 2.24) is 0 Å². The van der Waals surface area contributed by atoms with Gasteiger partial charge in [-0.25, -0.2) is 0 Å². The summed E-state index contributed by atoms with van der Waals surface area (Å²) in [6, 6.07) is 8.54. The number of nitrogens with zero attached hydrogens (tertiary/aromatic N) is 1. The maximum Gasteiger partial charge on any atom is 0.320 e. The molecule has 8 nitrogen and oxygen atoms in total. The molecule has 0 saturated heterocycles. The molecule has 0 heterocycles. The number of ketones is 2. The molecule has 0 amide bonds. The Morgan fingerprint density at radius 3 is 2.50 bits per heavy atom. The molecule has 0 radical (unpaired) electrons. The summed E-state index contributed by atoms with van der Waals surface area (Å²) < 4.78 is 11.2. The van der Waals surface area contributed by atoms with Crippen molar-refractivity contribution in [3.8, 4) is 0 Å². The summed E-state index contributed by atoms with van der Waals surface area (Å²) in [6.07, 6.45) is 6.52. The summed E-state index contributed by atoms with van der Waals surface area (Å²) in [4.78, 5) is 52.7. The third-order valence-electron chi connectivity index (χ3n) is 9.94. The van der Waals surface area contributed by atoms with Gasteiger partial charge in [0.25, 0.3) is 0 Å². The van der Waals surface area contributed by atoms with Crippen molar-refractivity contribution in [2.45, 2.75) is 70.3 Å². The fourth-order valence-corrected chi connectivity index (χ4v) is 8.14. The van der Waals surface area contributed by atoms with E-state index >= 15 is 0 Å². The lowest BCUT2D eigenvalue weighted by molar-refractivity contribution is -0.186. The van der Waals surface area contributed by atoms with Gasteiger partial charge in [0.2, 0.25) is 5.78 Å². The van der Waals surface area contributed by atoms with Gasteiger partial charge in [0, 0.05) is 50.9 Å². The second kappa shape index (κ2) is 10.6. The van der Waals surface area contributed by atoms with Gasteiger partial charge in [-0.1, -0.05) is 30.7 Å². The number of rotatable bonds is 7. The number of hydrogen-bond acceptors (Lipinski definition) is 8. The number of allylic oxidation sites excluding steroid dienone is 4.